The topological polar surface area (TPSA) is 106 Å². The first-order valence-corrected chi connectivity index (χ1v) is 15.4. The van der Waals surface area contributed by atoms with Crippen LogP contribution in [0.4, 0.5) is 10.2 Å². The summed E-state index contributed by atoms with van der Waals surface area (Å²) in [5, 5.41) is 8.99. The highest BCUT2D eigenvalue weighted by Crippen LogP contribution is 2.35. The van der Waals surface area contributed by atoms with Crippen LogP contribution >= 0.6 is 0 Å². The normalized spacial score (nSPS) is 21.0. The highest BCUT2D eigenvalue weighted by molar-refractivity contribution is 5.95. The van der Waals surface area contributed by atoms with Crippen molar-refractivity contribution in [2.75, 3.05) is 31.7 Å². The molecule has 0 saturated carbocycles. The Morgan fingerprint density at radius 2 is 1.91 bits per heavy atom. The Bertz CT molecular complexity index is 1780. The zero-order valence-electron chi connectivity index (χ0n) is 25.4. The lowest BCUT2D eigenvalue weighted by Crippen LogP contribution is -2.53. The van der Waals surface area contributed by atoms with Crippen molar-refractivity contribution in [3.8, 4) is 11.9 Å². The molecule has 5 heterocycles. The number of carbonyl (C=O) groups excluding carboxylic acids is 1. The molecule has 0 radical (unpaired) electrons. The van der Waals surface area contributed by atoms with Gasteiger partial charge in [0.25, 0.3) is 0 Å². The van der Waals surface area contributed by atoms with Crippen molar-refractivity contribution in [2.45, 2.75) is 64.1 Å². The van der Waals surface area contributed by atoms with Gasteiger partial charge < -0.3 is 23.7 Å². The summed E-state index contributed by atoms with van der Waals surface area (Å²) in [6.07, 6.45) is 3.34. The van der Waals surface area contributed by atoms with Gasteiger partial charge in [-0.1, -0.05) is 12.1 Å². The third kappa shape index (κ3) is 5.72. The van der Waals surface area contributed by atoms with E-state index in [1.807, 2.05) is 37.3 Å². The molecule has 2 unspecified atom stereocenters. The number of benzene rings is 2. The van der Waals surface area contributed by atoms with E-state index in [0.29, 0.717) is 42.2 Å². The molecule has 0 spiro atoms. The standard InChI is InChI=1S/C34H35FN6O4/c1-21-12-24(34(42)43-2)14-29-33(21)38-31(41(29)18-27-10-11-44-27)19-40-25-8-9-26(40)17-39(16-25)30-4-3-5-32(37-30)45-20-23-7-6-22(15-36)13-28(23)35/h3-7,12-14,25-27H,8-11,16-20H2,1-2H3/t25?,26?,27-/m0/s1. The summed E-state index contributed by atoms with van der Waals surface area (Å²) in [7, 11) is 1.40. The van der Waals surface area contributed by atoms with E-state index in [1.54, 1.807) is 18.2 Å². The maximum absolute atomic E-state index is 14.4. The minimum absolute atomic E-state index is 0.0283. The minimum Gasteiger partial charge on any atom is -0.473 e. The quantitative estimate of drug-likeness (QED) is 0.248. The van der Waals surface area contributed by atoms with Crippen molar-refractivity contribution in [1.29, 1.82) is 5.26 Å². The van der Waals surface area contributed by atoms with E-state index in [4.69, 9.17) is 29.4 Å². The van der Waals surface area contributed by atoms with E-state index in [0.717, 1.165) is 67.2 Å². The molecule has 0 amide bonds. The lowest BCUT2D eigenvalue weighted by Gasteiger charge is -2.41. The van der Waals surface area contributed by atoms with E-state index in [2.05, 4.69) is 14.4 Å². The average Bonchev–Trinajstić information content (AvgIpc) is 3.48. The monoisotopic (exact) mass is 610 g/mol. The molecule has 45 heavy (non-hydrogen) atoms. The summed E-state index contributed by atoms with van der Waals surface area (Å²) in [6, 6.07) is 16.4. The molecule has 11 heteroatoms. The Morgan fingerprint density at radius 3 is 2.60 bits per heavy atom. The van der Waals surface area contributed by atoms with E-state index in [9.17, 15) is 9.18 Å². The zero-order valence-corrected chi connectivity index (χ0v) is 25.4. The van der Waals surface area contributed by atoms with Gasteiger partial charge in [-0.25, -0.2) is 14.2 Å². The predicted molar refractivity (Wildman–Crippen MR) is 164 cm³/mol. The minimum atomic E-state index is -0.467. The molecule has 2 aromatic carbocycles. The first-order chi connectivity index (χ1) is 21.9. The molecule has 7 rings (SSSR count). The molecular formula is C34H35FN6O4. The number of nitrogens with zero attached hydrogens (tertiary/aromatic N) is 6. The number of fused-ring (bicyclic) bond motifs is 3. The number of hydrogen-bond donors (Lipinski definition) is 0. The number of esters is 1. The van der Waals surface area contributed by atoms with Gasteiger partial charge in [0.05, 0.1) is 54.5 Å². The van der Waals surface area contributed by atoms with Gasteiger partial charge in [-0.15, -0.1) is 0 Å². The van der Waals surface area contributed by atoms with Gasteiger partial charge in [0.1, 0.15) is 24.1 Å². The van der Waals surface area contributed by atoms with Crippen LogP contribution in [0.25, 0.3) is 11.0 Å². The van der Waals surface area contributed by atoms with Crippen molar-refractivity contribution in [3.05, 3.63) is 82.4 Å². The van der Waals surface area contributed by atoms with E-state index in [-0.39, 0.29) is 24.2 Å². The molecule has 0 N–H and O–H groups in total. The number of carbonyl (C=O) groups is 1. The SMILES string of the molecule is COC(=O)c1cc(C)c2nc(CN3C4CCC3CN(c3cccc(OCc5ccc(C#N)cc5F)n3)C4)n(C[C@@H]3CCO3)c2c1. The second-order valence-corrected chi connectivity index (χ2v) is 12.1. The molecule has 3 saturated heterocycles. The van der Waals surface area contributed by atoms with Gasteiger partial charge in [0.2, 0.25) is 5.88 Å². The second-order valence-electron chi connectivity index (χ2n) is 12.1. The summed E-state index contributed by atoms with van der Waals surface area (Å²) in [6.45, 7) is 5.87. The lowest BCUT2D eigenvalue weighted by molar-refractivity contribution is -0.0592. The summed E-state index contributed by atoms with van der Waals surface area (Å²) >= 11 is 0. The van der Waals surface area contributed by atoms with E-state index >= 15 is 0 Å². The van der Waals surface area contributed by atoms with Gasteiger partial charge in [-0.05, 0) is 62.1 Å². The molecule has 0 aliphatic carbocycles. The number of anilines is 1. The third-order valence-electron chi connectivity index (χ3n) is 9.27. The van der Waals surface area contributed by atoms with Crippen molar-refractivity contribution >= 4 is 22.8 Å². The Balaban J connectivity index is 1.08. The summed E-state index contributed by atoms with van der Waals surface area (Å²) < 4.78 is 33.3. The number of pyridine rings is 1. The summed E-state index contributed by atoms with van der Waals surface area (Å²) in [4.78, 5) is 27.2. The van der Waals surface area contributed by atoms with Gasteiger partial charge in [-0.2, -0.15) is 10.2 Å². The van der Waals surface area contributed by atoms with Crippen LogP contribution in [-0.4, -0.2) is 70.4 Å². The number of hydrogen-bond acceptors (Lipinski definition) is 9. The van der Waals surface area contributed by atoms with Crippen LogP contribution in [0.1, 0.15) is 52.1 Å². The summed E-state index contributed by atoms with van der Waals surface area (Å²) in [5.41, 5.74) is 3.97. The van der Waals surface area contributed by atoms with Crippen LogP contribution in [0.3, 0.4) is 0 Å². The number of aromatic nitrogens is 3. The van der Waals surface area contributed by atoms with Crippen molar-refractivity contribution < 1.29 is 23.4 Å². The molecule has 10 nitrogen and oxygen atoms in total. The van der Waals surface area contributed by atoms with Crippen molar-refractivity contribution in [3.63, 3.8) is 0 Å². The Hall–Kier alpha value is -4.53. The number of aryl methyl sites for hydroxylation is 1. The van der Waals surface area contributed by atoms with Crippen molar-refractivity contribution in [1.82, 2.24) is 19.4 Å². The fraction of sp³-hybridized carbons (Fsp3) is 0.412. The lowest BCUT2D eigenvalue weighted by atomic mass is 10.1. The average molecular weight is 611 g/mol. The first-order valence-electron chi connectivity index (χ1n) is 15.4. The molecule has 3 aliphatic rings. The Labute approximate surface area is 260 Å². The molecule has 2 bridgehead atoms. The number of nitriles is 1. The van der Waals surface area contributed by atoms with Crippen LogP contribution in [0.15, 0.2) is 48.5 Å². The third-order valence-corrected chi connectivity index (χ3v) is 9.27. The predicted octanol–water partition coefficient (Wildman–Crippen LogP) is 4.76. The zero-order chi connectivity index (χ0) is 31.1. The molecular weight excluding hydrogens is 575 g/mol. The molecule has 232 valence electrons. The molecule has 2 aromatic heterocycles. The van der Waals surface area contributed by atoms with Crippen LogP contribution in [0.2, 0.25) is 0 Å². The first kappa shape index (κ1) is 29.2. The molecule has 3 fully saturated rings. The fourth-order valence-electron chi connectivity index (χ4n) is 6.78. The largest absolute Gasteiger partial charge is 0.473 e. The highest BCUT2D eigenvalue weighted by Gasteiger charge is 2.41. The Morgan fingerprint density at radius 1 is 1.11 bits per heavy atom. The fourth-order valence-corrected chi connectivity index (χ4v) is 6.78. The number of methoxy groups -OCH3 is 1. The van der Waals surface area contributed by atoms with Gasteiger partial charge in [0.15, 0.2) is 0 Å². The van der Waals surface area contributed by atoms with Gasteiger partial charge >= 0.3 is 5.97 Å². The highest BCUT2D eigenvalue weighted by atomic mass is 19.1. The van der Waals surface area contributed by atoms with Crippen LogP contribution in [-0.2, 0) is 29.2 Å². The molecule has 3 aliphatic heterocycles. The summed E-state index contributed by atoms with van der Waals surface area (Å²) in [5.74, 6) is 1.43. The number of halogens is 1. The number of rotatable bonds is 9. The smallest absolute Gasteiger partial charge is 0.337 e. The van der Waals surface area contributed by atoms with Crippen LogP contribution in [0, 0.1) is 24.1 Å². The van der Waals surface area contributed by atoms with Crippen molar-refractivity contribution in [2.24, 2.45) is 0 Å². The van der Waals surface area contributed by atoms with E-state index in [1.165, 1.54) is 13.2 Å². The molecule has 4 aromatic rings. The number of ether oxygens (including phenoxy) is 3. The maximum Gasteiger partial charge on any atom is 0.337 e. The van der Waals surface area contributed by atoms with Crippen LogP contribution < -0.4 is 9.64 Å². The van der Waals surface area contributed by atoms with Gasteiger partial charge in [-0.3, -0.25) is 4.90 Å². The van der Waals surface area contributed by atoms with E-state index < -0.39 is 5.82 Å². The maximum atomic E-state index is 14.4. The second kappa shape index (κ2) is 12.1. The van der Waals surface area contributed by atoms with Crippen LogP contribution in [0.5, 0.6) is 5.88 Å². The number of piperazine rings is 1. The number of imidazole rings is 1. The molecule has 3 atom stereocenters. The Kier molecular flexibility index (Phi) is 7.85. The van der Waals surface area contributed by atoms with Gasteiger partial charge in [0, 0.05) is 43.4 Å².